The van der Waals surface area contributed by atoms with Crippen LogP contribution in [0.15, 0.2) is 41.3 Å². The van der Waals surface area contributed by atoms with Gasteiger partial charge in [0.25, 0.3) is 0 Å². The molecule has 0 aromatic heterocycles. The van der Waals surface area contributed by atoms with Crippen LogP contribution in [0.1, 0.15) is 27.9 Å². The molecule has 0 radical (unpaired) electrons. The number of hydrogen-bond donors (Lipinski definition) is 0. The van der Waals surface area contributed by atoms with E-state index in [0.717, 1.165) is 24.8 Å². The van der Waals surface area contributed by atoms with Crippen molar-refractivity contribution in [1.82, 2.24) is 0 Å². The van der Waals surface area contributed by atoms with Crippen LogP contribution < -0.4 is 4.18 Å². The second-order valence-electron chi connectivity index (χ2n) is 5.46. The molecular formula is C17H15ClO5S. The van der Waals surface area contributed by atoms with E-state index in [0.29, 0.717) is 0 Å². The SMILES string of the molecule is COC(=O)c1ccc(S(=O)(=O)Oc2ccc3c(c2)CCC3)c(Cl)c1. The summed E-state index contributed by atoms with van der Waals surface area (Å²) in [6.07, 6.45) is 2.98. The minimum atomic E-state index is -4.09. The smallest absolute Gasteiger partial charge is 0.340 e. The van der Waals surface area contributed by atoms with Crippen LogP contribution in [-0.4, -0.2) is 21.5 Å². The van der Waals surface area contributed by atoms with Crippen molar-refractivity contribution in [2.45, 2.75) is 24.2 Å². The van der Waals surface area contributed by atoms with Crippen molar-refractivity contribution in [3.63, 3.8) is 0 Å². The molecule has 1 aliphatic carbocycles. The van der Waals surface area contributed by atoms with Gasteiger partial charge in [-0.3, -0.25) is 0 Å². The van der Waals surface area contributed by atoms with Crippen LogP contribution in [0.5, 0.6) is 5.75 Å². The van der Waals surface area contributed by atoms with E-state index >= 15 is 0 Å². The maximum Gasteiger partial charge on any atom is 0.340 e. The molecule has 0 N–H and O–H groups in total. The van der Waals surface area contributed by atoms with Gasteiger partial charge in [0.05, 0.1) is 17.7 Å². The lowest BCUT2D eigenvalue weighted by molar-refractivity contribution is 0.0600. The number of rotatable bonds is 4. The lowest BCUT2D eigenvalue weighted by atomic mass is 10.1. The molecule has 0 fully saturated rings. The van der Waals surface area contributed by atoms with Crippen molar-refractivity contribution in [2.24, 2.45) is 0 Å². The maximum absolute atomic E-state index is 12.5. The van der Waals surface area contributed by atoms with E-state index < -0.39 is 16.1 Å². The van der Waals surface area contributed by atoms with Crippen molar-refractivity contribution in [3.05, 3.63) is 58.1 Å². The fourth-order valence-corrected chi connectivity index (χ4v) is 4.16. The van der Waals surface area contributed by atoms with Gasteiger partial charge < -0.3 is 8.92 Å². The quantitative estimate of drug-likeness (QED) is 0.612. The molecule has 0 amide bonds. The fraction of sp³-hybridized carbons (Fsp3) is 0.235. The summed E-state index contributed by atoms with van der Waals surface area (Å²) >= 11 is 6.01. The summed E-state index contributed by atoms with van der Waals surface area (Å²) in [4.78, 5) is 11.3. The molecule has 2 aromatic carbocycles. The second kappa shape index (κ2) is 6.45. The van der Waals surface area contributed by atoms with Gasteiger partial charge in [0.1, 0.15) is 10.6 Å². The molecule has 0 bridgehead atoms. The van der Waals surface area contributed by atoms with Crippen LogP contribution >= 0.6 is 11.6 Å². The van der Waals surface area contributed by atoms with E-state index in [1.807, 2.05) is 6.07 Å². The van der Waals surface area contributed by atoms with Gasteiger partial charge in [-0.2, -0.15) is 8.42 Å². The molecule has 2 aromatic rings. The summed E-state index contributed by atoms with van der Waals surface area (Å²) in [7, 11) is -2.86. The molecule has 5 nitrogen and oxygen atoms in total. The molecule has 0 saturated carbocycles. The minimum Gasteiger partial charge on any atom is -0.465 e. The molecule has 24 heavy (non-hydrogen) atoms. The lowest BCUT2D eigenvalue weighted by Gasteiger charge is -2.10. The molecule has 126 valence electrons. The Morgan fingerprint density at radius 1 is 1.08 bits per heavy atom. The van der Waals surface area contributed by atoms with Gasteiger partial charge in [-0.05, 0) is 60.7 Å². The molecule has 0 saturated heterocycles. The molecule has 3 rings (SSSR count). The van der Waals surface area contributed by atoms with Crippen LogP contribution in [0.3, 0.4) is 0 Å². The molecular weight excluding hydrogens is 352 g/mol. The van der Waals surface area contributed by atoms with Gasteiger partial charge in [0, 0.05) is 0 Å². The van der Waals surface area contributed by atoms with Gasteiger partial charge in [-0.15, -0.1) is 0 Å². The zero-order valence-corrected chi connectivity index (χ0v) is 14.5. The standard InChI is InChI=1S/C17H15ClO5S/c1-22-17(19)13-6-8-16(15(18)10-13)24(20,21)23-14-7-5-11-3-2-4-12(11)9-14/h5-10H,2-4H2,1H3. The number of hydrogen-bond acceptors (Lipinski definition) is 5. The third-order valence-corrected chi connectivity index (χ3v) is 5.63. The Kier molecular flexibility index (Phi) is 4.51. The van der Waals surface area contributed by atoms with E-state index in [-0.39, 0.29) is 21.2 Å². The highest BCUT2D eigenvalue weighted by Crippen LogP contribution is 2.30. The third-order valence-electron chi connectivity index (χ3n) is 3.90. The van der Waals surface area contributed by atoms with E-state index in [1.165, 1.54) is 30.9 Å². The van der Waals surface area contributed by atoms with E-state index in [9.17, 15) is 13.2 Å². The first-order valence-corrected chi connectivity index (χ1v) is 9.13. The van der Waals surface area contributed by atoms with Gasteiger partial charge in [0.2, 0.25) is 0 Å². The third kappa shape index (κ3) is 3.25. The average Bonchev–Trinajstić information content (AvgIpc) is 3.01. The van der Waals surface area contributed by atoms with Crippen LogP contribution in [0, 0.1) is 0 Å². The van der Waals surface area contributed by atoms with Gasteiger partial charge in [-0.1, -0.05) is 17.7 Å². The topological polar surface area (TPSA) is 69.7 Å². The Bertz CT molecular complexity index is 905. The molecule has 0 spiro atoms. The summed E-state index contributed by atoms with van der Waals surface area (Å²) in [5.41, 5.74) is 2.49. The van der Waals surface area contributed by atoms with Crippen molar-refractivity contribution in [3.8, 4) is 5.75 Å². The number of carbonyl (C=O) groups is 1. The predicted molar refractivity (Wildman–Crippen MR) is 89.1 cm³/mol. The summed E-state index contributed by atoms with van der Waals surface area (Å²) in [6.45, 7) is 0. The lowest BCUT2D eigenvalue weighted by Crippen LogP contribution is -2.11. The number of benzene rings is 2. The van der Waals surface area contributed by atoms with Crippen LogP contribution in [0.25, 0.3) is 0 Å². The monoisotopic (exact) mass is 366 g/mol. The summed E-state index contributed by atoms with van der Waals surface area (Å²) in [5.74, 6) is -0.343. The first kappa shape index (κ1) is 16.8. The zero-order chi connectivity index (χ0) is 17.3. The number of esters is 1. The van der Waals surface area contributed by atoms with E-state index in [4.69, 9.17) is 15.8 Å². The Balaban J connectivity index is 1.89. The molecule has 0 unspecified atom stereocenters. The number of methoxy groups -OCH3 is 1. The zero-order valence-electron chi connectivity index (χ0n) is 12.9. The number of ether oxygens (including phenoxy) is 1. The van der Waals surface area contributed by atoms with Crippen molar-refractivity contribution < 1.29 is 22.1 Å². The average molecular weight is 367 g/mol. The summed E-state index contributed by atoms with van der Waals surface area (Å²) in [5, 5.41) is -0.0981. The summed E-state index contributed by atoms with van der Waals surface area (Å²) in [6, 6.07) is 9.07. The minimum absolute atomic E-state index is 0.0981. The molecule has 0 heterocycles. The number of halogens is 1. The number of fused-ring (bicyclic) bond motifs is 1. The molecule has 1 aliphatic rings. The normalized spacial score (nSPS) is 13.4. The highest BCUT2D eigenvalue weighted by Gasteiger charge is 2.23. The highest BCUT2D eigenvalue weighted by atomic mass is 35.5. The first-order valence-electron chi connectivity index (χ1n) is 7.35. The predicted octanol–water partition coefficient (Wildman–Crippen LogP) is 3.38. The Morgan fingerprint density at radius 3 is 2.54 bits per heavy atom. The van der Waals surface area contributed by atoms with Crippen LogP contribution in [0.4, 0.5) is 0 Å². The second-order valence-corrected chi connectivity index (χ2v) is 7.38. The fourth-order valence-electron chi connectivity index (χ4n) is 2.72. The van der Waals surface area contributed by atoms with Crippen molar-refractivity contribution >= 4 is 27.7 Å². The summed E-state index contributed by atoms with van der Waals surface area (Å²) < 4.78 is 34.7. The number of aryl methyl sites for hydroxylation is 2. The van der Waals surface area contributed by atoms with Crippen molar-refractivity contribution in [1.29, 1.82) is 0 Å². The van der Waals surface area contributed by atoms with Crippen molar-refractivity contribution in [2.75, 3.05) is 7.11 Å². The highest BCUT2D eigenvalue weighted by molar-refractivity contribution is 7.87. The number of carbonyl (C=O) groups excluding carboxylic acids is 1. The maximum atomic E-state index is 12.5. The van der Waals surface area contributed by atoms with Crippen LogP contribution in [0.2, 0.25) is 5.02 Å². The Labute approximate surface area is 145 Å². The Morgan fingerprint density at radius 2 is 1.83 bits per heavy atom. The molecule has 0 aliphatic heterocycles. The van der Waals surface area contributed by atoms with Gasteiger partial charge >= 0.3 is 16.1 Å². The Hall–Kier alpha value is -2.05. The largest absolute Gasteiger partial charge is 0.465 e. The van der Waals surface area contributed by atoms with Gasteiger partial charge in [-0.25, -0.2) is 4.79 Å². The molecule has 7 heteroatoms. The molecule has 0 atom stereocenters. The van der Waals surface area contributed by atoms with Crippen LogP contribution in [-0.2, 0) is 27.7 Å². The first-order chi connectivity index (χ1) is 11.4. The van der Waals surface area contributed by atoms with E-state index in [2.05, 4.69) is 4.74 Å². The van der Waals surface area contributed by atoms with Gasteiger partial charge in [0.15, 0.2) is 0 Å². The van der Waals surface area contributed by atoms with E-state index in [1.54, 1.807) is 12.1 Å².